The van der Waals surface area contributed by atoms with E-state index in [4.69, 9.17) is 0 Å². The zero-order chi connectivity index (χ0) is 12.7. The molecule has 0 spiro atoms. The third kappa shape index (κ3) is 4.68. The molecule has 0 heterocycles. The summed E-state index contributed by atoms with van der Waals surface area (Å²) < 4.78 is 0. The maximum Gasteiger partial charge on any atom is 0.239 e. The molecule has 0 saturated carbocycles. The van der Waals surface area contributed by atoms with E-state index in [-0.39, 0.29) is 24.4 Å². The van der Waals surface area contributed by atoms with Crippen molar-refractivity contribution < 1.29 is 9.59 Å². The van der Waals surface area contributed by atoms with Crippen molar-refractivity contribution in [3.05, 3.63) is 35.9 Å². The minimum Gasteiger partial charge on any atom is -0.348 e. The topological polar surface area (TPSA) is 58.2 Å². The van der Waals surface area contributed by atoms with Crippen molar-refractivity contribution in [2.75, 3.05) is 6.54 Å². The molecule has 2 N–H and O–H groups in total. The number of carbonyl (C=O) groups excluding carboxylic acids is 2. The third-order valence-corrected chi connectivity index (χ3v) is 2.44. The van der Waals surface area contributed by atoms with E-state index >= 15 is 0 Å². The number of nitrogens with one attached hydrogen (secondary N) is 2. The van der Waals surface area contributed by atoms with E-state index in [0.717, 1.165) is 5.56 Å². The first-order valence-electron chi connectivity index (χ1n) is 5.74. The molecule has 0 saturated heterocycles. The monoisotopic (exact) mass is 234 g/mol. The summed E-state index contributed by atoms with van der Waals surface area (Å²) in [6.07, 6.45) is 0.390. The van der Waals surface area contributed by atoms with Crippen LogP contribution in [0.3, 0.4) is 0 Å². The zero-order valence-corrected chi connectivity index (χ0v) is 10.2. The molecule has 1 rings (SSSR count). The zero-order valence-electron chi connectivity index (χ0n) is 10.2. The summed E-state index contributed by atoms with van der Waals surface area (Å²) in [6, 6.07) is 9.64. The SMILES string of the molecule is CCC(=O)NCC(=O)N[C@@H](C)c1ccccc1. The fraction of sp³-hybridized carbons (Fsp3) is 0.385. The normalized spacial score (nSPS) is 11.6. The van der Waals surface area contributed by atoms with E-state index in [1.807, 2.05) is 37.3 Å². The van der Waals surface area contributed by atoms with Gasteiger partial charge in [0.1, 0.15) is 0 Å². The van der Waals surface area contributed by atoms with Crippen LogP contribution < -0.4 is 10.6 Å². The average Bonchev–Trinajstić information content (AvgIpc) is 2.36. The van der Waals surface area contributed by atoms with Gasteiger partial charge in [0, 0.05) is 6.42 Å². The molecule has 2 amide bonds. The van der Waals surface area contributed by atoms with E-state index in [2.05, 4.69) is 10.6 Å². The van der Waals surface area contributed by atoms with Gasteiger partial charge in [0.05, 0.1) is 12.6 Å². The molecule has 92 valence electrons. The molecule has 0 radical (unpaired) electrons. The smallest absolute Gasteiger partial charge is 0.239 e. The predicted octanol–water partition coefficient (Wildman–Crippen LogP) is 1.39. The maximum atomic E-state index is 11.5. The molecular weight excluding hydrogens is 216 g/mol. The van der Waals surface area contributed by atoms with Crippen LogP contribution in [0.4, 0.5) is 0 Å². The number of hydrogen-bond donors (Lipinski definition) is 2. The highest BCUT2D eigenvalue weighted by atomic mass is 16.2. The first kappa shape index (κ1) is 13.2. The number of amides is 2. The molecule has 17 heavy (non-hydrogen) atoms. The van der Waals surface area contributed by atoms with Crippen molar-refractivity contribution in [3.63, 3.8) is 0 Å². The Hall–Kier alpha value is -1.84. The Morgan fingerprint density at radius 3 is 2.41 bits per heavy atom. The predicted molar refractivity (Wildman–Crippen MR) is 66.3 cm³/mol. The lowest BCUT2D eigenvalue weighted by Crippen LogP contribution is -2.37. The average molecular weight is 234 g/mol. The summed E-state index contributed by atoms with van der Waals surface area (Å²) in [5.74, 6) is -0.296. The minimum absolute atomic E-state index is 0.0316. The van der Waals surface area contributed by atoms with Crippen molar-refractivity contribution in [2.45, 2.75) is 26.3 Å². The van der Waals surface area contributed by atoms with Gasteiger partial charge in [-0.3, -0.25) is 9.59 Å². The van der Waals surface area contributed by atoms with E-state index in [1.165, 1.54) is 0 Å². The van der Waals surface area contributed by atoms with Crippen LogP contribution in [0.15, 0.2) is 30.3 Å². The fourth-order valence-electron chi connectivity index (χ4n) is 1.42. The molecule has 1 atom stereocenters. The summed E-state index contributed by atoms with van der Waals surface area (Å²) in [5, 5.41) is 5.36. The van der Waals surface area contributed by atoms with Crippen LogP contribution in [0.25, 0.3) is 0 Å². The van der Waals surface area contributed by atoms with Crippen molar-refractivity contribution in [3.8, 4) is 0 Å². The quantitative estimate of drug-likeness (QED) is 0.809. The Morgan fingerprint density at radius 2 is 1.82 bits per heavy atom. The van der Waals surface area contributed by atoms with E-state index in [0.29, 0.717) is 6.42 Å². The molecule has 0 fully saturated rings. The second-order valence-electron chi connectivity index (χ2n) is 3.83. The van der Waals surface area contributed by atoms with E-state index in [9.17, 15) is 9.59 Å². The standard InChI is InChI=1S/C13H18N2O2/c1-3-12(16)14-9-13(17)15-10(2)11-7-5-4-6-8-11/h4-8,10H,3,9H2,1-2H3,(H,14,16)(H,15,17)/t10-/m0/s1. The van der Waals surface area contributed by atoms with Crippen LogP contribution in [0.1, 0.15) is 31.9 Å². The number of carbonyl (C=O) groups is 2. The minimum atomic E-state index is -0.178. The van der Waals surface area contributed by atoms with Crippen LogP contribution in [0, 0.1) is 0 Å². The summed E-state index contributed by atoms with van der Waals surface area (Å²) in [4.78, 5) is 22.5. The molecule has 4 nitrogen and oxygen atoms in total. The Kier molecular flexibility index (Phi) is 5.20. The van der Waals surface area contributed by atoms with Gasteiger partial charge in [-0.25, -0.2) is 0 Å². The van der Waals surface area contributed by atoms with Gasteiger partial charge in [0.2, 0.25) is 11.8 Å². The molecule has 4 heteroatoms. The van der Waals surface area contributed by atoms with Gasteiger partial charge < -0.3 is 10.6 Å². The lowest BCUT2D eigenvalue weighted by molar-refractivity contribution is -0.126. The summed E-state index contributed by atoms with van der Waals surface area (Å²) in [6.45, 7) is 3.69. The number of rotatable bonds is 5. The number of benzene rings is 1. The third-order valence-electron chi connectivity index (χ3n) is 2.44. The van der Waals surface area contributed by atoms with Crippen LogP contribution in [-0.2, 0) is 9.59 Å². The van der Waals surface area contributed by atoms with Gasteiger partial charge in [-0.15, -0.1) is 0 Å². The Labute approximate surface area is 101 Å². The van der Waals surface area contributed by atoms with Gasteiger partial charge in [-0.1, -0.05) is 37.3 Å². The van der Waals surface area contributed by atoms with E-state index in [1.54, 1.807) is 6.92 Å². The molecule has 0 unspecified atom stereocenters. The van der Waals surface area contributed by atoms with Crippen LogP contribution in [0.5, 0.6) is 0 Å². The van der Waals surface area contributed by atoms with Gasteiger partial charge >= 0.3 is 0 Å². The van der Waals surface area contributed by atoms with Crippen LogP contribution in [0.2, 0.25) is 0 Å². The van der Waals surface area contributed by atoms with Gasteiger partial charge in [-0.05, 0) is 12.5 Å². The number of hydrogen-bond acceptors (Lipinski definition) is 2. The molecule has 1 aromatic carbocycles. The first-order chi connectivity index (χ1) is 8.13. The lowest BCUT2D eigenvalue weighted by Gasteiger charge is -2.14. The second kappa shape index (κ2) is 6.68. The van der Waals surface area contributed by atoms with Crippen LogP contribution in [-0.4, -0.2) is 18.4 Å². The van der Waals surface area contributed by atoms with Crippen molar-refractivity contribution in [1.29, 1.82) is 0 Å². The van der Waals surface area contributed by atoms with Crippen LogP contribution >= 0.6 is 0 Å². The molecular formula is C13H18N2O2. The highest BCUT2D eigenvalue weighted by molar-refractivity contribution is 5.84. The Balaban J connectivity index is 2.39. The molecule has 0 aliphatic carbocycles. The maximum absolute atomic E-state index is 11.5. The highest BCUT2D eigenvalue weighted by Gasteiger charge is 2.09. The van der Waals surface area contributed by atoms with Gasteiger partial charge in [-0.2, -0.15) is 0 Å². The molecule has 0 aliphatic rings. The molecule has 0 bridgehead atoms. The van der Waals surface area contributed by atoms with E-state index < -0.39 is 0 Å². The molecule has 0 aliphatic heterocycles. The van der Waals surface area contributed by atoms with Gasteiger partial charge in [0.15, 0.2) is 0 Å². The van der Waals surface area contributed by atoms with Gasteiger partial charge in [0.25, 0.3) is 0 Å². The first-order valence-corrected chi connectivity index (χ1v) is 5.74. The fourth-order valence-corrected chi connectivity index (χ4v) is 1.42. The summed E-state index contributed by atoms with van der Waals surface area (Å²) >= 11 is 0. The Bertz CT molecular complexity index is 376. The second-order valence-corrected chi connectivity index (χ2v) is 3.83. The summed E-state index contributed by atoms with van der Waals surface area (Å²) in [7, 11) is 0. The molecule has 1 aromatic rings. The summed E-state index contributed by atoms with van der Waals surface area (Å²) in [5.41, 5.74) is 1.04. The van der Waals surface area contributed by atoms with Crippen molar-refractivity contribution >= 4 is 11.8 Å². The largest absolute Gasteiger partial charge is 0.348 e. The van der Waals surface area contributed by atoms with Crippen molar-refractivity contribution in [1.82, 2.24) is 10.6 Å². The lowest BCUT2D eigenvalue weighted by atomic mass is 10.1. The highest BCUT2D eigenvalue weighted by Crippen LogP contribution is 2.10. The van der Waals surface area contributed by atoms with Crippen molar-refractivity contribution in [2.24, 2.45) is 0 Å². The Morgan fingerprint density at radius 1 is 1.18 bits per heavy atom. The molecule has 0 aromatic heterocycles.